The Hall–Kier alpha value is -4.94. The van der Waals surface area contributed by atoms with Gasteiger partial charge in [-0.25, -0.2) is 14.4 Å². The summed E-state index contributed by atoms with van der Waals surface area (Å²) in [5, 5.41) is 20.2. The molecule has 0 spiro atoms. The molecule has 0 radical (unpaired) electrons. The Kier molecular flexibility index (Phi) is 16.8. The van der Waals surface area contributed by atoms with E-state index in [0.717, 1.165) is 55.9 Å². The van der Waals surface area contributed by atoms with Crippen molar-refractivity contribution in [3.8, 4) is 0 Å². The van der Waals surface area contributed by atoms with Crippen molar-refractivity contribution in [2.24, 2.45) is 11.8 Å². The second-order valence-electron chi connectivity index (χ2n) is 14.6. The molecule has 13 heteroatoms. The smallest absolute Gasteiger partial charge is 0.408 e. The number of amides is 4. The monoisotopic (exact) mass is 736 g/mol. The minimum atomic E-state index is -1.13. The van der Waals surface area contributed by atoms with Crippen molar-refractivity contribution in [2.75, 3.05) is 0 Å². The van der Waals surface area contributed by atoms with E-state index >= 15 is 0 Å². The zero-order valence-electron chi connectivity index (χ0n) is 31.4. The van der Waals surface area contributed by atoms with Crippen LogP contribution in [0.1, 0.15) is 103 Å². The highest BCUT2D eigenvalue weighted by molar-refractivity contribution is 5.93. The van der Waals surface area contributed by atoms with Gasteiger partial charge in [0.05, 0.1) is 6.04 Å². The van der Waals surface area contributed by atoms with Crippen LogP contribution in [0.5, 0.6) is 0 Å². The average Bonchev–Trinajstić information content (AvgIpc) is 3.15. The van der Waals surface area contributed by atoms with Crippen molar-refractivity contribution in [2.45, 2.75) is 128 Å². The van der Waals surface area contributed by atoms with Gasteiger partial charge in [0, 0.05) is 0 Å². The van der Waals surface area contributed by atoms with E-state index in [9.17, 15) is 33.9 Å². The summed E-state index contributed by atoms with van der Waals surface area (Å²) in [6.45, 7) is 7.45. The molecule has 4 amide bonds. The van der Waals surface area contributed by atoms with E-state index in [2.05, 4.69) is 21.3 Å². The SMILES string of the molecule is CC(C)[C@@H](C=O)NC(=O)C1(NC(=O)OCc2ccccc2)CCCCC1.CC(C)[C@H](NC(=O)C1(NC(=O)OCc2ccccc2)CCCCC1)C(=O)O. The van der Waals surface area contributed by atoms with E-state index in [1.165, 1.54) is 0 Å². The molecule has 0 aliphatic heterocycles. The molecule has 2 aliphatic carbocycles. The normalized spacial score (nSPS) is 17.1. The van der Waals surface area contributed by atoms with Crippen LogP contribution < -0.4 is 21.3 Å². The Labute approximate surface area is 312 Å². The molecule has 0 heterocycles. The summed E-state index contributed by atoms with van der Waals surface area (Å²) in [7, 11) is 0. The maximum absolute atomic E-state index is 12.9. The topological polar surface area (TPSA) is 189 Å². The molecule has 53 heavy (non-hydrogen) atoms. The molecule has 290 valence electrons. The third kappa shape index (κ3) is 13.2. The van der Waals surface area contributed by atoms with Crippen LogP contribution in [-0.4, -0.2) is 64.5 Å². The van der Waals surface area contributed by atoms with E-state index in [1.807, 2.05) is 74.5 Å². The molecular weight excluding hydrogens is 680 g/mol. The van der Waals surface area contributed by atoms with E-state index in [1.54, 1.807) is 13.8 Å². The second-order valence-corrected chi connectivity index (χ2v) is 14.6. The lowest BCUT2D eigenvalue weighted by atomic mass is 9.80. The minimum absolute atomic E-state index is 0.0119. The van der Waals surface area contributed by atoms with Crippen molar-refractivity contribution in [1.82, 2.24) is 21.3 Å². The Morgan fingerprint density at radius 1 is 0.642 bits per heavy atom. The molecule has 0 aromatic heterocycles. The van der Waals surface area contributed by atoms with Gasteiger partial charge in [0.2, 0.25) is 11.8 Å². The zero-order valence-corrected chi connectivity index (χ0v) is 31.4. The van der Waals surface area contributed by atoms with E-state index in [0.29, 0.717) is 25.7 Å². The highest BCUT2D eigenvalue weighted by Crippen LogP contribution is 2.30. The zero-order chi connectivity index (χ0) is 38.9. The van der Waals surface area contributed by atoms with Gasteiger partial charge in [0.15, 0.2) is 0 Å². The first-order chi connectivity index (χ1) is 25.3. The van der Waals surface area contributed by atoms with Gasteiger partial charge in [-0.2, -0.15) is 0 Å². The summed E-state index contributed by atoms with van der Waals surface area (Å²) in [4.78, 5) is 73.0. The third-order valence-electron chi connectivity index (χ3n) is 9.77. The molecule has 5 N–H and O–H groups in total. The molecule has 2 aliphatic rings. The van der Waals surface area contributed by atoms with E-state index in [4.69, 9.17) is 9.47 Å². The Morgan fingerprint density at radius 3 is 1.38 bits per heavy atom. The van der Waals surface area contributed by atoms with Crippen LogP contribution in [0, 0.1) is 11.8 Å². The maximum atomic E-state index is 12.9. The number of hydrogen-bond donors (Lipinski definition) is 5. The number of aliphatic carboxylic acids is 1. The number of ether oxygens (including phenoxy) is 2. The fourth-order valence-electron chi connectivity index (χ4n) is 6.48. The molecule has 2 fully saturated rings. The van der Waals surface area contributed by atoms with Crippen LogP contribution in [0.25, 0.3) is 0 Å². The molecular formula is C40H56N4O9. The summed E-state index contributed by atoms with van der Waals surface area (Å²) in [5.74, 6) is -2.13. The van der Waals surface area contributed by atoms with Crippen LogP contribution in [0.3, 0.4) is 0 Å². The largest absolute Gasteiger partial charge is 0.480 e. The van der Waals surface area contributed by atoms with Crippen molar-refractivity contribution < 1.29 is 43.3 Å². The molecule has 4 rings (SSSR count). The lowest BCUT2D eigenvalue weighted by molar-refractivity contribution is -0.144. The Balaban J connectivity index is 0.000000286. The van der Waals surface area contributed by atoms with Crippen molar-refractivity contribution in [3.63, 3.8) is 0 Å². The molecule has 2 atom stereocenters. The summed E-state index contributed by atoms with van der Waals surface area (Å²) < 4.78 is 10.5. The van der Waals surface area contributed by atoms with Crippen LogP contribution in [-0.2, 0) is 41.9 Å². The number of nitrogens with one attached hydrogen (secondary N) is 4. The first kappa shape index (κ1) is 42.5. The number of carboxylic acids is 1. The molecule has 2 aromatic rings. The lowest BCUT2D eigenvalue weighted by Crippen LogP contribution is -2.62. The predicted molar refractivity (Wildman–Crippen MR) is 198 cm³/mol. The van der Waals surface area contributed by atoms with Gasteiger partial charge in [-0.05, 0) is 48.6 Å². The molecule has 0 unspecified atom stereocenters. The first-order valence-corrected chi connectivity index (χ1v) is 18.6. The number of aldehydes is 1. The minimum Gasteiger partial charge on any atom is -0.480 e. The van der Waals surface area contributed by atoms with Gasteiger partial charge in [0.25, 0.3) is 0 Å². The van der Waals surface area contributed by atoms with E-state index < -0.39 is 47.2 Å². The van der Waals surface area contributed by atoms with Gasteiger partial charge in [-0.3, -0.25) is 9.59 Å². The van der Waals surface area contributed by atoms with Crippen LogP contribution in [0.15, 0.2) is 60.7 Å². The number of carbonyl (C=O) groups is 6. The molecule has 0 bridgehead atoms. The van der Waals surface area contributed by atoms with Crippen LogP contribution in [0.2, 0.25) is 0 Å². The molecule has 2 aromatic carbocycles. The fraction of sp³-hybridized carbons (Fsp3) is 0.550. The van der Waals surface area contributed by atoms with Gasteiger partial charge < -0.3 is 40.6 Å². The van der Waals surface area contributed by atoms with Gasteiger partial charge in [0.1, 0.15) is 36.6 Å². The summed E-state index contributed by atoms with van der Waals surface area (Å²) in [6, 6.07) is 17.1. The van der Waals surface area contributed by atoms with Crippen LogP contribution >= 0.6 is 0 Å². The highest BCUT2D eigenvalue weighted by atomic mass is 16.6. The summed E-state index contributed by atoms with van der Waals surface area (Å²) in [6.07, 6.45) is 6.73. The van der Waals surface area contributed by atoms with Gasteiger partial charge in [-0.1, -0.05) is 127 Å². The standard InChI is InChI=1S/C20H28N2O5.C20H28N2O4/c1-14(2)16(17(23)24)21-18(25)20(11-7-4-8-12-20)22-19(26)27-13-15-9-5-3-6-10-15;1-15(2)17(13-23)21-18(24)20(11-7-4-8-12-20)22-19(25)26-14-16-9-5-3-6-10-16/h3,5-6,9-10,14,16H,4,7-8,11-13H2,1-2H3,(H,21,25)(H,22,26)(H,23,24);3,5-6,9-10,13,15,17H,4,7-8,11-12,14H2,1-2H3,(H,21,24)(H,22,25)/t16-;17-/m01/s1. The van der Waals surface area contributed by atoms with Crippen LogP contribution in [0.4, 0.5) is 9.59 Å². The Bertz CT molecular complexity index is 1490. The second kappa shape index (κ2) is 20.9. The fourth-order valence-corrected chi connectivity index (χ4v) is 6.48. The van der Waals surface area contributed by atoms with E-state index in [-0.39, 0.29) is 31.0 Å². The quantitative estimate of drug-likeness (QED) is 0.149. The number of alkyl carbamates (subject to hydrolysis) is 2. The highest BCUT2D eigenvalue weighted by Gasteiger charge is 2.44. The molecule has 2 saturated carbocycles. The summed E-state index contributed by atoms with van der Waals surface area (Å²) >= 11 is 0. The van der Waals surface area contributed by atoms with Crippen molar-refractivity contribution >= 4 is 36.3 Å². The van der Waals surface area contributed by atoms with Gasteiger partial charge >= 0.3 is 18.2 Å². The molecule has 13 nitrogen and oxygen atoms in total. The number of rotatable bonds is 14. The van der Waals surface area contributed by atoms with Crippen molar-refractivity contribution in [3.05, 3.63) is 71.8 Å². The number of benzene rings is 2. The van der Waals surface area contributed by atoms with Crippen molar-refractivity contribution in [1.29, 1.82) is 0 Å². The summed E-state index contributed by atoms with van der Waals surface area (Å²) in [5.41, 5.74) is -0.414. The predicted octanol–water partition coefficient (Wildman–Crippen LogP) is 5.80. The Morgan fingerprint density at radius 2 is 1.04 bits per heavy atom. The number of hydrogen-bond acceptors (Lipinski definition) is 8. The first-order valence-electron chi connectivity index (χ1n) is 18.6. The maximum Gasteiger partial charge on any atom is 0.408 e. The lowest BCUT2D eigenvalue weighted by Gasteiger charge is -2.37. The average molecular weight is 737 g/mol. The number of carboxylic acid groups (broad SMARTS) is 1. The number of carbonyl (C=O) groups excluding carboxylic acids is 5. The molecule has 0 saturated heterocycles. The third-order valence-corrected chi connectivity index (χ3v) is 9.77. The van der Waals surface area contributed by atoms with Gasteiger partial charge in [-0.15, -0.1) is 0 Å².